The molecule has 1 atom stereocenters. The lowest BCUT2D eigenvalue weighted by Gasteiger charge is -2.36. The smallest absolute Gasteiger partial charge is 0.490 e. The number of carbonyl (C=O) groups is 2. The van der Waals surface area contributed by atoms with Crippen molar-refractivity contribution in [1.82, 2.24) is 14.5 Å². The number of hydrogen-bond donors (Lipinski definition) is 2. The fourth-order valence-corrected chi connectivity index (χ4v) is 7.09. The maximum atomic E-state index is 15.3. The fraction of sp³-hybridized carbons (Fsp3) is 0.425. The minimum atomic E-state index is -5.08. The van der Waals surface area contributed by atoms with Crippen LogP contribution in [0.1, 0.15) is 42.3 Å². The van der Waals surface area contributed by atoms with Crippen LogP contribution in [-0.4, -0.2) is 110 Å². The first-order chi connectivity index (χ1) is 29.0. The summed E-state index contributed by atoms with van der Waals surface area (Å²) in [7, 11) is 5.53. The quantitative estimate of drug-likeness (QED) is 0.0634. The zero-order valence-corrected chi connectivity index (χ0v) is 35.2. The number of aromatic nitrogens is 2. The van der Waals surface area contributed by atoms with E-state index in [1.54, 1.807) is 19.2 Å². The summed E-state index contributed by atoms with van der Waals surface area (Å²) in [4.78, 5) is 24.8. The topological polar surface area (TPSA) is 133 Å². The molecule has 3 aromatic carbocycles. The number of aryl methyl sites for hydroxylation is 1. The van der Waals surface area contributed by atoms with Gasteiger partial charge in [-0.25, -0.2) is 27.7 Å². The van der Waals surface area contributed by atoms with Crippen LogP contribution >= 0.6 is 23.4 Å². The third-order valence-corrected chi connectivity index (χ3v) is 10.2. The van der Waals surface area contributed by atoms with E-state index in [9.17, 15) is 30.7 Å². The molecule has 0 bridgehead atoms. The Morgan fingerprint density at radius 1 is 0.871 bits per heavy atom. The number of likely N-dealkylation sites (N-methyl/N-ethyl adjacent to an activating group) is 1. The monoisotopic (exact) mass is 931 g/mol. The Morgan fingerprint density at radius 3 is 1.95 bits per heavy atom. The molecule has 1 aliphatic carbocycles. The molecule has 0 saturated carbocycles. The number of carboxylic acids is 2. The summed E-state index contributed by atoms with van der Waals surface area (Å²) in [5.74, 6) is -6.67. The number of carboxylic acid groups (broad SMARTS) is 2. The van der Waals surface area contributed by atoms with Crippen molar-refractivity contribution >= 4 is 35.3 Å². The third kappa shape index (κ3) is 15.0. The lowest BCUT2D eigenvalue weighted by molar-refractivity contribution is -0.193. The van der Waals surface area contributed by atoms with Crippen LogP contribution in [0.15, 0.2) is 59.8 Å². The second kappa shape index (κ2) is 23.1. The molecule has 0 aliphatic heterocycles. The normalized spacial score (nSPS) is 14.9. The molecule has 11 nitrogen and oxygen atoms in total. The summed E-state index contributed by atoms with van der Waals surface area (Å²) in [5, 5.41) is 15.3. The zero-order valence-electron chi connectivity index (χ0n) is 33.6. The summed E-state index contributed by atoms with van der Waals surface area (Å²) in [6, 6.07) is 14.3. The van der Waals surface area contributed by atoms with Gasteiger partial charge in [0, 0.05) is 41.1 Å². The Labute approximate surface area is 359 Å². The van der Waals surface area contributed by atoms with Crippen molar-refractivity contribution in [2.75, 3.05) is 60.8 Å². The Balaban J connectivity index is 0.000000629. The van der Waals surface area contributed by atoms with Crippen molar-refractivity contribution in [1.29, 1.82) is 0 Å². The average molecular weight is 932 g/mol. The molecule has 0 spiro atoms. The number of aliphatic carboxylic acids is 2. The third-order valence-electron chi connectivity index (χ3n) is 8.90. The van der Waals surface area contributed by atoms with Gasteiger partial charge in [0.2, 0.25) is 0 Å². The minimum Gasteiger partial charge on any atom is -0.495 e. The van der Waals surface area contributed by atoms with E-state index in [1.165, 1.54) is 36.0 Å². The SMILES string of the molecule is COc1cc(C2(C)CCCc3nc(SCc4c(F)cc(OCCOCCOCCN(C)C)cc4F)n(-c4ccc(F)cc4)c32)ccc1Cl.O=C(O)C(F)(F)F.O=C(O)C(F)(F)F. The number of nitrogens with zero attached hydrogens (tertiary/aromatic N) is 3. The highest BCUT2D eigenvalue weighted by Crippen LogP contribution is 2.47. The van der Waals surface area contributed by atoms with Gasteiger partial charge >= 0.3 is 24.3 Å². The Hall–Kier alpha value is -4.70. The first kappa shape index (κ1) is 51.6. The minimum absolute atomic E-state index is 0.0164. The molecular weight excluding hydrogens is 889 g/mol. The summed E-state index contributed by atoms with van der Waals surface area (Å²) in [6.45, 7) is 4.85. The van der Waals surface area contributed by atoms with Crippen molar-refractivity contribution in [3.8, 4) is 17.2 Å². The van der Waals surface area contributed by atoms with Gasteiger partial charge < -0.3 is 34.1 Å². The van der Waals surface area contributed by atoms with Crippen molar-refractivity contribution in [2.24, 2.45) is 0 Å². The number of ether oxygens (including phenoxy) is 4. The van der Waals surface area contributed by atoms with Gasteiger partial charge in [0.05, 0.1) is 49.9 Å². The molecule has 0 radical (unpaired) electrons. The number of methoxy groups -OCH3 is 1. The average Bonchev–Trinajstić information content (AvgIpc) is 3.57. The molecule has 1 aromatic heterocycles. The van der Waals surface area contributed by atoms with Crippen molar-refractivity contribution < 1.29 is 78.3 Å². The molecule has 0 saturated heterocycles. The fourth-order valence-electron chi connectivity index (χ4n) is 5.85. The van der Waals surface area contributed by atoms with Crippen LogP contribution < -0.4 is 9.47 Å². The van der Waals surface area contributed by atoms with E-state index in [-0.39, 0.29) is 36.1 Å². The van der Waals surface area contributed by atoms with Gasteiger partial charge in [0.15, 0.2) is 5.16 Å². The van der Waals surface area contributed by atoms with Crippen LogP contribution in [0.5, 0.6) is 11.5 Å². The van der Waals surface area contributed by atoms with E-state index >= 15 is 8.78 Å². The number of alkyl halides is 6. The van der Waals surface area contributed by atoms with Crippen molar-refractivity contribution in [3.63, 3.8) is 0 Å². The molecule has 62 heavy (non-hydrogen) atoms. The van der Waals surface area contributed by atoms with Crippen LogP contribution in [-0.2, 0) is 36.7 Å². The highest BCUT2D eigenvalue weighted by Gasteiger charge is 2.41. The molecule has 5 rings (SSSR count). The standard InChI is InChI=1S/C36H41ClF3N3O4S.2C2HF3O2/c1-36(24-7-12-29(37)33(20-24)44-4)13-5-6-32-34(36)43(26-10-8-25(38)9-11-26)35(41-32)48-23-28-30(39)21-27(22-31(28)40)47-19-18-46-17-16-45-15-14-42(2)3;2*3-2(4,5)1(6)7/h7-12,20-22H,5-6,13-19,23H2,1-4H3;2*(H,6,7). The van der Waals surface area contributed by atoms with Crippen LogP contribution in [0, 0.1) is 17.5 Å². The lowest BCUT2D eigenvalue weighted by Crippen LogP contribution is -2.31. The molecule has 1 aliphatic rings. The molecule has 2 N–H and O–H groups in total. The van der Waals surface area contributed by atoms with E-state index in [1.807, 2.05) is 41.8 Å². The van der Waals surface area contributed by atoms with Crippen LogP contribution in [0.25, 0.3) is 5.69 Å². The van der Waals surface area contributed by atoms with Crippen molar-refractivity contribution in [3.05, 3.63) is 99.6 Å². The predicted molar refractivity (Wildman–Crippen MR) is 210 cm³/mol. The van der Waals surface area contributed by atoms with E-state index in [4.69, 9.17) is 55.3 Å². The number of fused-ring (bicyclic) bond motifs is 1. The number of rotatable bonds is 16. The lowest BCUT2D eigenvalue weighted by atomic mass is 9.71. The number of thioether (sulfide) groups is 1. The largest absolute Gasteiger partial charge is 0.495 e. The second-order valence-corrected chi connectivity index (χ2v) is 15.0. The van der Waals surface area contributed by atoms with Gasteiger partial charge in [0.1, 0.15) is 35.6 Å². The molecular formula is C40H43ClF9N3O8S. The van der Waals surface area contributed by atoms with E-state index in [0.717, 1.165) is 42.8 Å². The van der Waals surface area contributed by atoms with E-state index in [2.05, 4.69) is 6.92 Å². The van der Waals surface area contributed by atoms with E-state index < -0.39 is 41.3 Å². The number of benzene rings is 3. The Kier molecular flexibility index (Phi) is 19.3. The summed E-state index contributed by atoms with van der Waals surface area (Å²) in [6.07, 6.45) is -7.72. The van der Waals surface area contributed by atoms with Gasteiger partial charge in [-0.1, -0.05) is 29.4 Å². The van der Waals surface area contributed by atoms with Gasteiger partial charge in [0.25, 0.3) is 0 Å². The zero-order chi connectivity index (χ0) is 46.4. The molecule has 4 aromatic rings. The van der Waals surface area contributed by atoms with Crippen LogP contribution in [0.4, 0.5) is 39.5 Å². The number of hydrogen-bond acceptors (Lipinski definition) is 9. The maximum absolute atomic E-state index is 15.3. The highest BCUT2D eigenvalue weighted by molar-refractivity contribution is 7.98. The first-order valence-corrected chi connectivity index (χ1v) is 19.7. The molecule has 0 fully saturated rings. The van der Waals surface area contributed by atoms with Crippen molar-refractivity contribution in [2.45, 2.75) is 54.9 Å². The highest BCUT2D eigenvalue weighted by atomic mass is 35.5. The summed E-state index contributed by atoms with van der Waals surface area (Å²) in [5.41, 5.74) is 2.94. The van der Waals surface area contributed by atoms with Gasteiger partial charge in [-0.3, -0.25) is 4.57 Å². The Morgan fingerprint density at radius 2 is 1.42 bits per heavy atom. The second-order valence-electron chi connectivity index (χ2n) is 13.7. The van der Waals surface area contributed by atoms with Gasteiger partial charge in [-0.15, -0.1) is 0 Å². The van der Waals surface area contributed by atoms with E-state index in [0.29, 0.717) is 41.4 Å². The predicted octanol–water partition coefficient (Wildman–Crippen LogP) is 9.13. The van der Waals surface area contributed by atoms with Gasteiger partial charge in [-0.2, -0.15) is 26.3 Å². The number of imidazole rings is 1. The molecule has 1 heterocycles. The van der Waals surface area contributed by atoms with Crippen LogP contribution in [0.2, 0.25) is 5.02 Å². The molecule has 22 heteroatoms. The molecule has 342 valence electrons. The summed E-state index contributed by atoms with van der Waals surface area (Å²) >= 11 is 7.59. The summed E-state index contributed by atoms with van der Waals surface area (Å²) < 4.78 is 132. The number of halogens is 10. The molecule has 1 unspecified atom stereocenters. The maximum Gasteiger partial charge on any atom is 0.490 e. The Bertz CT molecular complexity index is 2060. The van der Waals surface area contributed by atoms with Crippen LogP contribution in [0.3, 0.4) is 0 Å². The van der Waals surface area contributed by atoms with Gasteiger partial charge in [-0.05, 0) is 82.2 Å². The first-order valence-electron chi connectivity index (χ1n) is 18.4. The molecule has 0 amide bonds.